The molecule has 0 aliphatic rings. The van der Waals surface area contributed by atoms with E-state index >= 15 is 0 Å². The maximum absolute atomic E-state index is 11.4. The minimum atomic E-state index is -0.648. The molecule has 1 rings (SSSR count). The Bertz CT molecular complexity index is 347. The molecule has 0 aliphatic carbocycles. The number of nitrogens with two attached hydrogens (primary N) is 1. The van der Waals surface area contributed by atoms with Gasteiger partial charge >= 0.3 is 5.97 Å². The number of phenols is 1. The lowest BCUT2D eigenvalue weighted by Gasteiger charge is -2.15. The summed E-state index contributed by atoms with van der Waals surface area (Å²) in [4.78, 5) is 11.4. The topological polar surface area (TPSA) is 72.5 Å². The fourth-order valence-corrected chi connectivity index (χ4v) is 1.98. The van der Waals surface area contributed by atoms with Crippen LogP contribution in [0.3, 0.4) is 0 Å². The summed E-state index contributed by atoms with van der Waals surface area (Å²) in [7, 11) is 1.29. The lowest BCUT2D eigenvalue weighted by Crippen LogP contribution is -2.23. The molecule has 0 aliphatic heterocycles. The summed E-state index contributed by atoms with van der Waals surface area (Å²) in [5.41, 5.74) is 5.95. The molecule has 0 saturated carbocycles. The molecule has 0 spiro atoms. The molecule has 4 nitrogen and oxygen atoms in total. The fraction of sp³-hybridized carbons (Fsp3) is 0.300. The van der Waals surface area contributed by atoms with Gasteiger partial charge in [-0.3, -0.25) is 4.79 Å². The Labute approximate surface area is 96.2 Å². The predicted molar refractivity (Wildman–Crippen MR) is 59.6 cm³/mol. The van der Waals surface area contributed by atoms with Crippen molar-refractivity contribution in [2.24, 2.45) is 5.73 Å². The van der Waals surface area contributed by atoms with Crippen molar-refractivity contribution in [3.63, 3.8) is 0 Å². The maximum atomic E-state index is 11.4. The minimum Gasteiger partial charge on any atom is -0.508 e. The first kappa shape index (κ1) is 12.0. The molecule has 3 N–H and O–H groups in total. The zero-order valence-corrected chi connectivity index (χ0v) is 9.82. The Hall–Kier alpha value is -1.07. The number of rotatable bonds is 3. The highest BCUT2D eigenvalue weighted by Crippen LogP contribution is 2.32. The SMILES string of the molecule is COC(=O)C(CN)c1c(O)cccc1Br. The quantitative estimate of drug-likeness (QED) is 0.816. The van der Waals surface area contributed by atoms with E-state index < -0.39 is 11.9 Å². The summed E-state index contributed by atoms with van der Waals surface area (Å²) in [5.74, 6) is -1.07. The summed E-state index contributed by atoms with van der Waals surface area (Å²) in [6.45, 7) is 0.0862. The molecule has 0 saturated heterocycles. The summed E-state index contributed by atoms with van der Waals surface area (Å²) in [5, 5.41) is 9.64. The average Bonchev–Trinajstić information content (AvgIpc) is 2.22. The number of methoxy groups -OCH3 is 1. The second-order valence-corrected chi connectivity index (χ2v) is 3.84. The Balaban J connectivity index is 3.17. The van der Waals surface area contributed by atoms with Crippen LogP contribution in [0.15, 0.2) is 22.7 Å². The van der Waals surface area contributed by atoms with E-state index in [0.717, 1.165) is 0 Å². The van der Waals surface area contributed by atoms with Crippen molar-refractivity contribution in [2.75, 3.05) is 13.7 Å². The number of halogens is 1. The standard InChI is InChI=1S/C10H12BrNO3/c1-15-10(14)6(5-12)9-7(11)3-2-4-8(9)13/h2-4,6,13H,5,12H2,1H3. The van der Waals surface area contributed by atoms with Crippen LogP contribution in [0.25, 0.3) is 0 Å². The van der Waals surface area contributed by atoms with Crippen molar-refractivity contribution in [3.05, 3.63) is 28.2 Å². The number of aromatic hydroxyl groups is 1. The van der Waals surface area contributed by atoms with Gasteiger partial charge in [-0.15, -0.1) is 0 Å². The Morgan fingerprint density at radius 2 is 2.33 bits per heavy atom. The molecular formula is C10H12BrNO3. The van der Waals surface area contributed by atoms with Crippen LogP contribution < -0.4 is 5.73 Å². The summed E-state index contributed by atoms with van der Waals surface area (Å²) < 4.78 is 5.26. The molecule has 1 aromatic carbocycles. The van der Waals surface area contributed by atoms with Crippen molar-refractivity contribution >= 4 is 21.9 Å². The van der Waals surface area contributed by atoms with Gasteiger partial charge in [0.2, 0.25) is 0 Å². The van der Waals surface area contributed by atoms with Crippen molar-refractivity contribution in [3.8, 4) is 5.75 Å². The van der Waals surface area contributed by atoms with E-state index in [0.29, 0.717) is 10.0 Å². The minimum absolute atomic E-state index is 0.0326. The molecule has 0 fully saturated rings. The number of phenolic OH excluding ortho intramolecular Hbond substituents is 1. The van der Waals surface area contributed by atoms with Crippen molar-refractivity contribution in [2.45, 2.75) is 5.92 Å². The first-order chi connectivity index (χ1) is 7.11. The summed E-state index contributed by atoms with van der Waals surface area (Å²) in [6.07, 6.45) is 0. The Kier molecular flexibility index (Phi) is 4.11. The summed E-state index contributed by atoms with van der Waals surface area (Å²) in [6, 6.07) is 4.92. The smallest absolute Gasteiger partial charge is 0.314 e. The van der Waals surface area contributed by atoms with Gasteiger partial charge in [0, 0.05) is 16.6 Å². The van der Waals surface area contributed by atoms with Gasteiger partial charge < -0.3 is 15.6 Å². The number of carbonyl (C=O) groups excluding carboxylic acids is 1. The summed E-state index contributed by atoms with van der Waals surface area (Å²) >= 11 is 3.26. The van der Waals surface area contributed by atoms with Gasteiger partial charge in [-0.1, -0.05) is 22.0 Å². The van der Waals surface area contributed by atoms with Crippen LogP contribution in [0, 0.1) is 0 Å². The van der Waals surface area contributed by atoms with Crippen molar-refractivity contribution < 1.29 is 14.6 Å². The molecule has 1 atom stereocenters. The molecule has 0 aromatic heterocycles. The molecule has 0 amide bonds. The molecule has 0 radical (unpaired) electrons. The van der Waals surface area contributed by atoms with E-state index in [1.54, 1.807) is 12.1 Å². The normalized spacial score (nSPS) is 12.2. The second kappa shape index (κ2) is 5.14. The van der Waals surface area contributed by atoms with E-state index in [9.17, 15) is 9.90 Å². The first-order valence-electron chi connectivity index (χ1n) is 4.37. The maximum Gasteiger partial charge on any atom is 0.314 e. The molecule has 1 unspecified atom stereocenters. The van der Waals surface area contributed by atoms with Crippen LogP contribution in [0.2, 0.25) is 0 Å². The van der Waals surface area contributed by atoms with Crippen LogP contribution in [-0.2, 0) is 9.53 Å². The first-order valence-corrected chi connectivity index (χ1v) is 5.16. The number of ether oxygens (including phenoxy) is 1. The molecule has 0 heterocycles. The van der Waals surface area contributed by atoms with Gasteiger partial charge in [-0.2, -0.15) is 0 Å². The van der Waals surface area contributed by atoms with Gasteiger partial charge in [-0.25, -0.2) is 0 Å². The van der Waals surface area contributed by atoms with Gasteiger partial charge in [0.25, 0.3) is 0 Å². The lowest BCUT2D eigenvalue weighted by molar-refractivity contribution is -0.142. The van der Waals surface area contributed by atoms with E-state index in [-0.39, 0.29) is 12.3 Å². The Morgan fingerprint density at radius 1 is 1.67 bits per heavy atom. The third kappa shape index (κ3) is 2.49. The van der Waals surface area contributed by atoms with Gasteiger partial charge in [-0.05, 0) is 12.1 Å². The molecule has 15 heavy (non-hydrogen) atoms. The molecule has 0 bridgehead atoms. The number of benzene rings is 1. The molecule has 5 heteroatoms. The van der Waals surface area contributed by atoms with Crippen LogP contribution in [-0.4, -0.2) is 24.7 Å². The van der Waals surface area contributed by atoms with E-state index in [2.05, 4.69) is 20.7 Å². The van der Waals surface area contributed by atoms with E-state index in [1.165, 1.54) is 13.2 Å². The molecule has 82 valence electrons. The van der Waals surface area contributed by atoms with Crippen molar-refractivity contribution in [1.29, 1.82) is 0 Å². The van der Waals surface area contributed by atoms with Gasteiger partial charge in [0.15, 0.2) is 0 Å². The lowest BCUT2D eigenvalue weighted by atomic mass is 9.98. The third-order valence-electron chi connectivity index (χ3n) is 2.10. The number of carbonyl (C=O) groups is 1. The highest BCUT2D eigenvalue weighted by atomic mass is 79.9. The second-order valence-electron chi connectivity index (χ2n) is 2.98. The molecule has 1 aromatic rings. The Morgan fingerprint density at radius 3 is 2.80 bits per heavy atom. The highest BCUT2D eigenvalue weighted by Gasteiger charge is 2.24. The van der Waals surface area contributed by atoms with E-state index in [1.807, 2.05) is 0 Å². The van der Waals surface area contributed by atoms with Gasteiger partial charge in [0.1, 0.15) is 5.75 Å². The van der Waals surface area contributed by atoms with Crippen LogP contribution in [0.5, 0.6) is 5.75 Å². The monoisotopic (exact) mass is 273 g/mol. The number of hydrogen-bond donors (Lipinski definition) is 2. The number of hydrogen-bond acceptors (Lipinski definition) is 4. The highest BCUT2D eigenvalue weighted by molar-refractivity contribution is 9.10. The van der Waals surface area contributed by atoms with Crippen LogP contribution in [0.1, 0.15) is 11.5 Å². The zero-order chi connectivity index (χ0) is 11.4. The van der Waals surface area contributed by atoms with E-state index in [4.69, 9.17) is 5.73 Å². The van der Waals surface area contributed by atoms with Crippen LogP contribution >= 0.6 is 15.9 Å². The fourth-order valence-electron chi connectivity index (χ4n) is 1.34. The molecular weight excluding hydrogens is 262 g/mol. The number of esters is 1. The predicted octanol–water partition coefficient (Wildman–Crippen LogP) is 1.37. The zero-order valence-electron chi connectivity index (χ0n) is 8.24. The van der Waals surface area contributed by atoms with Crippen LogP contribution in [0.4, 0.5) is 0 Å². The average molecular weight is 274 g/mol. The van der Waals surface area contributed by atoms with Gasteiger partial charge in [0.05, 0.1) is 13.0 Å². The van der Waals surface area contributed by atoms with Crippen molar-refractivity contribution in [1.82, 2.24) is 0 Å². The largest absolute Gasteiger partial charge is 0.508 e. The third-order valence-corrected chi connectivity index (χ3v) is 2.79.